The molecule has 2 heterocycles. The van der Waals surface area contributed by atoms with Crippen LogP contribution >= 0.6 is 11.6 Å². The Balaban J connectivity index is 1.49. The van der Waals surface area contributed by atoms with Crippen molar-refractivity contribution < 1.29 is 14.4 Å². The van der Waals surface area contributed by atoms with Gasteiger partial charge in [-0.2, -0.15) is 5.11 Å². The van der Waals surface area contributed by atoms with Gasteiger partial charge in [-0.15, -0.1) is 0 Å². The van der Waals surface area contributed by atoms with Gasteiger partial charge in [-0.25, -0.2) is 4.90 Å². The number of carbonyl (C=O) groups excluding carboxylic acids is 3. The fourth-order valence-corrected chi connectivity index (χ4v) is 3.54. The summed E-state index contributed by atoms with van der Waals surface area (Å²) in [5.74, 6) is -1.27. The number of hydrogen-bond donors (Lipinski definition) is 1. The molecule has 2 aromatic rings. The average Bonchev–Trinajstić information content (AvgIpc) is 3.19. The van der Waals surface area contributed by atoms with Crippen LogP contribution < -0.4 is 10.2 Å². The number of rotatable bonds is 4. The van der Waals surface area contributed by atoms with Gasteiger partial charge in [0.1, 0.15) is 6.54 Å². The maximum absolute atomic E-state index is 12.9. The van der Waals surface area contributed by atoms with Gasteiger partial charge in [0.2, 0.25) is 5.91 Å². The SMILES string of the molecule is Cc1ccc(N2C(=O)[C@@H]3[C@@H](N=NN3CC(=O)Nc3cc(Cl)ccc3C)C2=O)cc1. The van der Waals surface area contributed by atoms with E-state index in [0.717, 1.165) is 16.0 Å². The molecule has 0 spiro atoms. The van der Waals surface area contributed by atoms with E-state index in [1.807, 2.05) is 26.0 Å². The molecule has 0 radical (unpaired) electrons. The normalized spacial score (nSPS) is 20.4. The molecule has 0 aromatic heterocycles. The molecule has 0 bridgehead atoms. The number of nitrogens with zero attached hydrogens (tertiary/aromatic N) is 4. The van der Waals surface area contributed by atoms with E-state index in [0.29, 0.717) is 16.4 Å². The second-order valence-electron chi connectivity index (χ2n) is 7.05. The van der Waals surface area contributed by atoms with Gasteiger partial charge < -0.3 is 5.32 Å². The predicted molar refractivity (Wildman–Crippen MR) is 108 cm³/mol. The Morgan fingerprint density at radius 3 is 2.55 bits per heavy atom. The monoisotopic (exact) mass is 411 g/mol. The van der Waals surface area contributed by atoms with Gasteiger partial charge in [0, 0.05) is 10.7 Å². The summed E-state index contributed by atoms with van der Waals surface area (Å²) in [5.41, 5.74) is 2.92. The van der Waals surface area contributed by atoms with Crippen LogP contribution in [0, 0.1) is 13.8 Å². The van der Waals surface area contributed by atoms with Crippen LogP contribution in [0.1, 0.15) is 11.1 Å². The molecule has 3 amide bonds. The maximum atomic E-state index is 12.9. The third kappa shape index (κ3) is 3.47. The Bertz CT molecular complexity index is 1040. The van der Waals surface area contributed by atoms with E-state index in [2.05, 4.69) is 15.7 Å². The lowest BCUT2D eigenvalue weighted by atomic mass is 10.1. The Labute approximate surface area is 172 Å². The van der Waals surface area contributed by atoms with Crippen LogP contribution in [0.5, 0.6) is 0 Å². The summed E-state index contributed by atoms with van der Waals surface area (Å²) in [5, 5.41) is 12.3. The molecule has 0 unspecified atom stereocenters. The highest BCUT2D eigenvalue weighted by atomic mass is 35.5. The van der Waals surface area contributed by atoms with Crippen LogP contribution in [0.15, 0.2) is 52.8 Å². The van der Waals surface area contributed by atoms with E-state index in [1.54, 1.807) is 30.3 Å². The molecule has 2 aromatic carbocycles. The van der Waals surface area contributed by atoms with Gasteiger partial charge in [0.25, 0.3) is 11.8 Å². The van der Waals surface area contributed by atoms with Crippen molar-refractivity contribution in [1.82, 2.24) is 5.01 Å². The molecule has 8 nitrogen and oxygen atoms in total. The van der Waals surface area contributed by atoms with Crippen molar-refractivity contribution in [3.8, 4) is 0 Å². The van der Waals surface area contributed by atoms with E-state index in [9.17, 15) is 14.4 Å². The lowest BCUT2D eigenvalue weighted by Crippen LogP contribution is -2.43. The predicted octanol–water partition coefficient (Wildman–Crippen LogP) is 2.89. The summed E-state index contributed by atoms with van der Waals surface area (Å²) in [7, 11) is 0. The standard InChI is InChI=1S/C20H18ClN5O3/c1-11-3-7-14(8-4-11)26-19(28)17-18(20(26)29)25(24-23-17)10-16(27)22-15-9-13(21)6-5-12(15)2/h3-9,17-18H,10H2,1-2H3,(H,22,27)/t17-,18+/m1/s1. The van der Waals surface area contributed by atoms with Gasteiger partial charge in [-0.05, 0) is 43.7 Å². The number of nitrogens with one attached hydrogen (secondary N) is 1. The molecule has 1 N–H and O–H groups in total. The van der Waals surface area contributed by atoms with Gasteiger partial charge in [-0.3, -0.25) is 19.4 Å². The Morgan fingerprint density at radius 1 is 1.10 bits per heavy atom. The van der Waals surface area contributed by atoms with Gasteiger partial charge in [0.05, 0.1) is 5.69 Å². The minimum atomic E-state index is -0.940. The zero-order valence-electron chi connectivity index (χ0n) is 15.8. The third-order valence-corrected chi connectivity index (χ3v) is 5.16. The van der Waals surface area contributed by atoms with Crippen LogP contribution in [0.2, 0.25) is 5.02 Å². The lowest BCUT2D eigenvalue weighted by molar-refractivity contribution is -0.123. The van der Waals surface area contributed by atoms with Crippen LogP contribution in [0.3, 0.4) is 0 Å². The van der Waals surface area contributed by atoms with Crippen molar-refractivity contribution in [2.24, 2.45) is 10.3 Å². The third-order valence-electron chi connectivity index (χ3n) is 4.93. The van der Waals surface area contributed by atoms with E-state index < -0.39 is 23.9 Å². The van der Waals surface area contributed by atoms with Crippen LogP contribution in [-0.4, -0.2) is 41.4 Å². The van der Waals surface area contributed by atoms with Crippen molar-refractivity contribution in [2.45, 2.75) is 25.9 Å². The number of imide groups is 1. The number of carbonyl (C=O) groups is 3. The smallest absolute Gasteiger partial charge is 0.263 e. The molecular weight excluding hydrogens is 394 g/mol. The topological polar surface area (TPSA) is 94.4 Å². The summed E-state index contributed by atoms with van der Waals surface area (Å²) in [6.07, 6.45) is 0. The molecule has 148 valence electrons. The van der Waals surface area contributed by atoms with E-state index >= 15 is 0 Å². The molecule has 0 aliphatic carbocycles. The van der Waals surface area contributed by atoms with Gasteiger partial charge in [-0.1, -0.05) is 40.6 Å². The van der Waals surface area contributed by atoms with E-state index in [-0.39, 0.29) is 12.5 Å². The Hall–Kier alpha value is -3.26. The molecule has 4 rings (SSSR count). The molecule has 2 aliphatic heterocycles. The number of benzene rings is 2. The minimum absolute atomic E-state index is 0.211. The highest BCUT2D eigenvalue weighted by molar-refractivity contribution is 6.31. The first-order valence-corrected chi connectivity index (χ1v) is 9.41. The molecule has 2 aliphatic rings. The van der Waals surface area contributed by atoms with Crippen LogP contribution in [-0.2, 0) is 14.4 Å². The molecule has 29 heavy (non-hydrogen) atoms. The van der Waals surface area contributed by atoms with Crippen LogP contribution in [0.25, 0.3) is 0 Å². The summed E-state index contributed by atoms with van der Waals surface area (Å²) < 4.78 is 0. The number of halogens is 1. The fraction of sp³-hybridized carbons (Fsp3) is 0.250. The molecule has 1 saturated heterocycles. The first kappa shape index (κ1) is 19.1. The van der Waals surface area contributed by atoms with Gasteiger partial charge in [0.15, 0.2) is 12.1 Å². The quantitative estimate of drug-likeness (QED) is 0.782. The highest BCUT2D eigenvalue weighted by Gasteiger charge is 2.55. The molecule has 9 heteroatoms. The molecular formula is C20H18ClN5O3. The lowest BCUT2D eigenvalue weighted by Gasteiger charge is -2.20. The summed E-state index contributed by atoms with van der Waals surface area (Å²) in [6.45, 7) is 3.55. The first-order valence-electron chi connectivity index (χ1n) is 9.03. The minimum Gasteiger partial charge on any atom is -0.324 e. The fourth-order valence-electron chi connectivity index (χ4n) is 3.37. The Morgan fingerprint density at radius 2 is 1.83 bits per heavy atom. The van der Waals surface area contributed by atoms with Crippen LogP contribution in [0.4, 0.5) is 11.4 Å². The van der Waals surface area contributed by atoms with Crippen molar-refractivity contribution in [1.29, 1.82) is 0 Å². The second-order valence-corrected chi connectivity index (χ2v) is 7.48. The summed E-state index contributed by atoms with van der Waals surface area (Å²) >= 11 is 5.98. The molecule has 1 fully saturated rings. The number of anilines is 2. The summed E-state index contributed by atoms with van der Waals surface area (Å²) in [6, 6.07) is 10.4. The Kier molecular flexibility index (Phi) is 4.79. The number of hydrogen-bond acceptors (Lipinski definition) is 6. The van der Waals surface area contributed by atoms with Gasteiger partial charge >= 0.3 is 0 Å². The largest absolute Gasteiger partial charge is 0.324 e. The number of amides is 3. The molecule has 2 atom stereocenters. The molecule has 0 saturated carbocycles. The van der Waals surface area contributed by atoms with E-state index in [1.165, 1.54) is 5.01 Å². The van der Waals surface area contributed by atoms with E-state index in [4.69, 9.17) is 11.6 Å². The second kappa shape index (κ2) is 7.29. The number of fused-ring (bicyclic) bond motifs is 1. The zero-order valence-corrected chi connectivity index (χ0v) is 16.6. The maximum Gasteiger partial charge on any atom is 0.263 e. The van der Waals surface area contributed by atoms with Crippen molar-refractivity contribution in [2.75, 3.05) is 16.8 Å². The first-order chi connectivity index (χ1) is 13.8. The zero-order chi connectivity index (χ0) is 20.7. The summed E-state index contributed by atoms with van der Waals surface area (Å²) in [4.78, 5) is 39.2. The van der Waals surface area contributed by atoms with Crippen molar-refractivity contribution in [3.63, 3.8) is 0 Å². The van der Waals surface area contributed by atoms with Crippen molar-refractivity contribution in [3.05, 3.63) is 58.6 Å². The number of aryl methyl sites for hydroxylation is 2. The highest BCUT2D eigenvalue weighted by Crippen LogP contribution is 2.32. The van der Waals surface area contributed by atoms with Crippen molar-refractivity contribution >= 4 is 40.7 Å². The average molecular weight is 412 g/mol.